The van der Waals surface area contributed by atoms with Crippen LogP contribution in [0.25, 0.3) is 10.8 Å². The number of likely N-dealkylation sites (tertiary alicyclic amines) is 1. The molecule has 3 saturated heterocycles. The lowest BCUT2D eigenvalue weighted by Crippen LogP contribution is -2.55. The number of amides is 3. The van der Waals surface area contributed by atoms with Crippen LogP contribution in [0, 0.1) is 11.8 Å². The van der Waals surface area contributed by atoms with E-state index in [2.05, 4.69) is 20.1 Å². The van der Waals surface area contributed by atoms with Crippen LogP contribution in [0.4, 0.5) is 11.4 Å². The molecule has 2 unspecified atom stereocenters. The minimum Gasteiger partial charge on any atom is -0.494 e. The molecule has 3 aromatic rings. The second-order valence-corrected chi connectivity index (χ2v) is 15.4. The number of unbranched alkanes of at least 4 members (excludes halogenated alkanes) is 2. The predicted molar refractivity (Wildman–Crippen MR) is 198 cm³/mol. The molecule has 8 nitrogen and oxygen atoms in total. The van der Waals surface area contributed by atoms with E-state index >= 15 is 4.79 Å². The van der Waals surface area contributed by atoms with E-state index in [0.29, 0.717) is 44.6 Å². The molecule has 1 N–H and O–H groups in total. The molecule has 3 aliphatic rings. The third kappa shape index (κ3) is 6.16. The lowest BCUT2D eigenvalue weighted by atomic mass is 9.66. The summed E-state index contributed by atoms with van der Waals surface area (Å²) in [5, 5.41) is 11.5. The van der Waals surface area contributed by atoms with Crippen LogP contribution >= 0.6 is 11.8 Å². The summed E-state index contributed by atoms with van der Waals surface area (Å²) in [5.74, 6) is -0.932. The van der Waals surface area contributed by atoms with E-state index in [1.54, 1.807) is 38.6 Å². The molecule has 3 heterocycles. The highest BCUT2D eigenvalue weighted by Crippen LogP contribution is 2.71. The van der Waals surface area contributed by atoms with Gasteiger partial charge in [-0.05, 0) is 93.1 Å². The first kappa shape index (κ1) is 34.8. The highest BCUT2D eigenvalue weighted by atomic mass is 32.2. The summed E-state index contributed by atoms with van der Waals surface area (Å²) in [6, 6.07) is 20.7. The topological polar surface area (TPSA) is 90.4 Å². The fourth-order valence-corrected chi connectivity index (χ4v) is 10.7. The third-order valence-corrected chi connectivity index (χ3v) is 12.5. The third-order valence-electron chi connectivity index (χ3n) is 10.5. The molecule has 258 valence electrons. The molecule has 0 radical (unpaired) electrons. The minimum absolute atomic E-state index is 0.0768. The Bertz CT molecular complexity index is 1730. The maximum atomic E-state index is 15.1. The first-order chi connectivity index (χ1) is 23.7. The van der Waals surface area contributed by atoms with Crippen molar-refractivity contribution in [3.8, 4) is 5.75 Å². The number of anilines is 2. The zero-order valence-corrected chi connectivity index (χ0v) is 29.4. The van der Waals surface area contributed by atoms with E-state index in [0.717, 1.165) is 35.1 Å². The van der Waals surface area contributed by atoms with Gasteiger partial charge in [0.05, 0.1) is 23.2 Å². The molecule has 5 atom stereocenters. The number of thioether (sulfide) groups is 1. The molecule has 0 aromatic heterocycles. The Balaban J connectivity index is 1.40. The van der Waals surface area contributed by atoms with Crippen molar-refractivity contribution in [1.29, 1.82) is 0 Å². The average molecular weight is 682 g/mol. The van der Waals surface area contributed by atoms with Gasteiger partial charge < -0.3 is 24.5 Å². The van der Waals surface area contributed by atoms with E-state index in [1.165, 1.54) is 0 Å². The number of hydrogen-bond donors (Lipinski definition) is 1. The SMILES string of the molecule is C=CCN(C(=O)C1N(CCCCCO)C(=O)[C@@H]2[C@H](C(=O)N(CC=C)c3ccc(OCC)cc3)[C@]3(C)CCC12S3)c1ccc2ccccc2c1. The Morgan fingerprint density at radius 3 is 2.29 bits per heavy atom. The highest BCUT2D eigenvalue weighted by molar-refractivity contribution is 8.02. The number of carbonyl (C=O) groups is 3. The molecule has 1 spiro atoms. The first-order valence-corrected chi connectivity index (χ1v) is 18.2. The van der Waals surface area contributed by atoms with E-state index in [4.69, 9.17) is 4.74 Å². The van der Waals surface area contributed by atoms with Gasteiger partial charge in [-0.1, -0.05) is 42.5 Å². The van der Waals surface area contributed by atoms with Gasteiger partial charge in [0, 0.05) is 42.4 Å². The molecule has 49 heavy (non-hydrogen) atoms. The van der Waals surface area contributed by atoms with Crippen LogP contribution in [-0.2, 0) is 14.4 Å². The van der Waals surface area contributed by atoms with Gasteiger partial charge in [0.25, 0.3) is 5.91 Å². The highest BCUT2D eigenvalue weighted by Gasteiger charge is 2.77. The molecule has 3 amide bonds. The van der Waals surface area contributed by atoms with Crippen LogP contribution in [0.3, 0.4) is 0 Å². The van der Waals surface area contributed by atoms with Gasteiger partial charge >= 0.3 is 0 Å². The Kier molecular flexibility index (Phi) is 10.2. The minimum atomic E-state index is -0.755. The van der Waals surface area contributed by atoms with Gasteiger partial charge in [0.2, 0.25) is 11.8 Å². The van der Waals surface area contributed by atoms with Gasteiger partial charge in [-0.15, -0.1) is 24.9 Å². The standard InChI is InChI=1S/C40H47N3O5S/c1-5-23-41(30-17-19-32(20-18-30)48-7-3)36(45)33-34-37(46)43(25-11-8-12-26-44)35(40(34)22-21-39(33,4)49-40)38(47)42(24-6-2)31-16-15-28-13-9-10-14-29(28)27-31/h5-6,9-10,13-20,27,33-35,44H,1-2,7-8,11-12,21-26H2,3-4H3/t33-,34+,35?,39+,40?/m1/s1. The number of hydrogen-bond acceptors (Lipinski definition) is 6. The second-order valence-electron chi connectivity index (χ2n) is 13.5. The molecular weight excluding hydrogens is 635 g/mol. The number of aliphatic hydroxyl groups excluding tert-OH is 1. The summed E-state index contributed by atoms with van der Waals surface area (Å²) in [4.78, 5) is 49.9. The summed E-state index contributed by atoms with van der Waals surface area (Å²) in [5.41, 5.74) is 1.46. The van der Waals surface area contributed by atoms with Crippen molar-refractivity contribution in [1.82, 2.24) is 4.90 Å². The number of rotatable bonds is 15. The number of ether oxygens (including phenoxy) is 1. The van der Waals surface area contributed by atoms with Crippen LogP contribution in [0.5, 0.6) is 5.75 Å². The lowest BCUT2D eigenvalue weighted by Gasteiger charge is -2.38. The maximum absolute atomic E-state index is 15.1. The van der Waals surface area contributed by atoms with Crippen molar-refractivity contribution >= 4 is 51.6 Å². The van der Waals surface area contributed by atoms with Gasteiger partial charge in [-0.2, -0.15) is 0 Å². The average Bonchev–Trinajstić information content (AvgIpc) is 3.68. The molecule has 3 fully saturated rings. The second kappa shape index (κ2) is 14.4. The quantitative estimate of drug-likeness (QED) is 0.143. The van der Waals surface area contributed by atoms with Crippen molar-refractivity contribution in [3.63, 3.8) is 0 Å². The van der Waals surface area contributed by atoms with Gasteiger partial charge in [0.1, 0.15) is 11.8 Å². The molecule has 3 aliphatic heterocycles. The van der Waals surface area contributed by atoms with Crippen molar-refractivity contribution in [2.75, 3.05) is 42.6 Å². The van der Waals surface area contributed by atoms with Crippen LogP contribution in [0.1, 0.15) is 46.0 Å². The molecule has 0 aliphatic carbocycles. The smallest absolute Gasteiger partial charge is 0.251 e. The summed E-state index contributed by atoms with van der Waals surface area (Å²) in [7, 11) is 0. The first-order valence-electron chi connectivity index (χ1n) is 17.4. The van der Waals surface area contributed by atoms with E-state index in [9.17, 15) is 14.7 Å². The van der Waals surface area contributed by atoms with Crippen LogP contribution in [0.2, 0.25) is 0 Å². The molecule has 6 rings (SSSR count). The number of carbonyl (C=O) groups excluding carboxylic acids is 3. The van der Waals surface area contributed by atoms with Crippen molar-refractivity contribution in [3.05, 3.63) is 92.0 Å². The Labute approximate surface area is 293 Å². The van der Waals surface area contributed by atoms with E-state index in [1.807, 2.05) is 73.7 Å². The lowest BCUT2D eigenvalue weighted by molar-refractivity contribution is -0.139. The summed E-state index contributed by atoms with van der Waals surface area (Å²) in [6.45, 7) is 13.5. The largest absolute Gasteiger partial charge is 0.494 e. The van der Waals surface area contributed by atoms with Crippen molar-refractivity contribution in [2.24, 2.45) is 11.8 Å². The summed E-state index contributed by atoms with van der Waals surface area (Å²) in [6.07, 6.45) is 6.84. The van der Waals surface area contributed by atoms with E-state index < -0.39 is 27.4 Å². The molecule has 2 bridgehead atoms. The Hall–Kier alpha value is -4.08. The van der Waals surface area contributed by atoms with Crippen LogP contribution in [-0.4, -0.2) is 76.1 Å². The normalized spacial score (nSPS) is 25.3. The summed E-state index contributed by atoms with van der Waals surface area (Å²) >= 11 is 1.68. The molecular formula is C40H47N3O5S. The van der Waals surface area contributed by atoms with Crippen molar-refractivity contribution < 1.29 is 24.2 Å². The number of nitrogens with zero attached hydrogens (tertiary/aromatic N) is 3. The molecule has 3 aromatic carbocycles. The van der Waals surface area contributed by atoms with Crippen LogP contribution in [0.15, 0.2) is 92.0 Å². The zero-order chi connectivity index (χ0) is 34.8. The van der Waals surface area contributed by atoms with Gasteiger partial charge in [0.15, 0.2) is 0 Å². The Morgan fingerprint density at radius 2 is 1.61 bits per heavy atom. The zero-order valence-electron chi connectivity index (χ0n) is 28.6. The van der Waals surface area contributed by atoms with E-state index in [-0.39, 0.29) is 30.9 Å². The molecule has 9 heteroatoms. The fraction of sp³-hybridized carbons (Fsp3) is 0.425. The maximum Gasteiger partial charge on any atom is 0.251 e. The van der Waals surface area contributed by atoms with Gasteiger partial charge in [-0.3, -0.25) is 14.4 Å². The monoisotopic (exact) mass is 681 g/mol. The Morgan fingerprint density at radius 1 is 0.939 bits per heavy atom. The molecule has 0 saturated carbocycles. The van der Waals surface area contributed by atoms with Crippen LogP contribution < -0.4 is 14.5 Å². The predicted octanol–water partition coefficient (Wildman–Crippen LogP) is 6.62. The number of benzene rings is 3. The number of aliphatic hydroxyl groups is 1. The summed E-state index contributed by atoms with van der Waals surface area (Å²) < 4.78 is 4.36. The fourth-order valence-electron chi connectivity index (χ4n) is 8.34. The number of fused-ring (bicyclic) bond motifs is 2. The van der Waals surface area contributed by atoms with Crippen molar-refractivity contribution in [2.45, 2.75) is 61.5 Å². The van der Waals surface area contributed by atoms with Gasteiger partial charge in [-0.25, -0.2) is 0 Å².